The zero-order valence-corrected chi connectivity index (χ0v) is 16.7. The number of hydrogen-bond donors (Lipinski definition) is 2. The van der Waals surface area contributed by atoms with Crippen LogP contribution in [-0.2, 0) is 0 Å². The van der Waals surface area contributed by atoms with E-state index in [1.165, 1.54) is 0 Å². The lowest BCUT2D eigenvalue weighted by Gasteiger charge is -2.07. The third-order valence-corrected chi connectivity index (χ3v) is 4.72. The molecule has 28 heavy (non-hydrogen) atoms. The van der Waals surface area contributed by atoms with E-state index in [0.717, 1.165) is 24.8 Å². The number of imidazole rings is 1. The van der Waals surface area contributed by atoms with Gasteiger partial charge in [-0.15, -0.1) is 0 Å². The van der Waals surface area contributed by atoms with E-state index in [2.05, 4.69) is 22.5 Å². The average Bonchev–Trinajstić information content (AvgIpc) is 3.08. The van der Waals surface area contributed by atoms with Crippen molar-refractivity contribution in [3.63, 3.8) is 0 Å². The van der Waals surface area contributed by atoms with Crippen molar-refractivity contribution in [2.24, 2.45) is 0 Å². The Balaban J connectivity index is 1.88. The van der Waals surface area contributed by atoms with Crippen molar-refractivity contribution in [3.8, 4) is 0 Å². The molecule has 0 saturated heterocycles. The minimum absolute atomic E-state index is 0.193. The van der Waals surface area contributed by atoms with Crippen LogP contribution in [0.1, 0.15) is 52.9 Å². The molecule has 3 rings (SSSR count). The van der Waals surface area contributed by atoms with Crippen LogP contribution in [0.3, 0.4) is 0 Å². The number of halogens is 1. The van der Waals surface area contributed by atoms with Crippen LogP contribution in [-0.4, -0.2) is 27.7 Å². The third kappa shape index (κ3) is 4.34. The molecule has 0 saturated carbocycles. The number of aromatic nitrogens is 2. The molecule has 0 fully saturated rings. The monoisotopic (exact) mass is 398 g/mol. The number of fused-ring (bicyclic) bond motifs is 1. The van der Waals surface area contributed by atoms with Crippen molar-refractivity contribution in [1.29, 1.82) is 0 Å². The number of benzene rings is 1. The largest absolute Gasteiger partial charge is 0.349 e. The van der Waals surface area contributed by atoms with Crippen molar-refractivity contribution < 1.29 is 9.59 Å². The molecule has 3 aromatic rings. The first-order valence-corrected chi connectivity index (χ1v) is 9.72. The zero-order chi connectivity index (χ0) is 20.1. The highest BCUT2D eigenvalue weighted by atomic mass is 35.5. The summed E-state index contributed by atoms with van der Waals surface area (Å²) in [6, 6.07) is 10.7. The maximum Gasteiger partial charge on any atom is 0.287 e. The highest BCUT2D eigenvalue weighted by Gasteiger charge is 2.21. The van der Waals surface area contributed by atoms with Gasteiger partial charge in [-0.25, -0.2) is 4.98 Å². The van der Waals surface area contributed by atoms with Gasteiger partial charge in [0.2, 0.25) is 5.82 Å². The van der Waals surface area contributed by atoms with Crippen LogP contribution in [0.4, 0.5) is 5.69 Å². The summed E-state index contributed by atoms with van der Waals surface area (Å²) < 4.78 is 1.63. The van der Waals surface area contributed by atoms with Crippen LogP contribution < -0.4 is 10.6 Å². The summed E-state index contributed by atoms with van der Waals surface area (Å²) in [5, 5.41) is 6.24. The number of hydrogen-bond acceptors (Lipinski definition) is 3. The molecule has 0 aliphatic heterocycles. The maximum absolute atomic E-state index is 12.9. The summed E-state index contributed by atoms with van der Waals surface area (Å²) in [7, 11) is 0. The average molecular weight is 399 g/mol. The van der Waals surface area contributed by atoms with Gasteiger partial charge in [0.15, 0.2) is 5.69 Å². The summed E-state index contributed by atoms with van der Waals surface area (Å²) >= 11 is 6.03. The number of carbonyl (C=O) groups excluding carboxylic acids is 2. The Morgan fingerprint density at radius 1 is 1.14 bits per heavy atom. The molecule has 2 amide bonds. The number of rotatable bonds is 7. The Kier molecular flexibility index (Phi) is 6.31. The van der Waals surface area contributed by atoms with Gasteiger partial charge in [0.05, 0.1) is 5.52 Å². The summed E-state index contributed by atoms with van der Waals surface area (Å²) in [6.07, 6.45) is 4.77. The first-order chi connectivity index (χ1) is 13.5. The first-order valence-electron chi connectivity index (χ1n) is 9.34. The van der Waals surface area contributed by atoms with Crippen LogP contribution in [0.15, 0.2) is 42.6 Å². The van der Waals surface area contributed by atoms with Crippen LogP contribution in [0.5, 0.6) is 0 Å². The summed E-state index contributed by atoms with van der Waals surface area (Å²) in [5.41, 5.74) is 2.26. The van der Waals surface area contributed by atoms with Crippen molar-refractivity contribution in [2.45, 2.75) is 33.1 Å². The SMILES string of the molecule is CCCCCNC(=O)c1nc(C(=O)Nc2cc(Cl)ccc2C)c2ccccn12. The van der Waals surface area contributed by atoms with Crippen molar-refractivity contribution >= 4 is 34.6 Å². The smallest absolute Gasteiger partial charge is 0.287 e. The van der Waals surface area contributed by atoms with Crippen LogP contribution in [0.2, 0.25) is 5.02 Å². The molecule has 0 radical (unpaired) electrons. The number of anilines is 1. The highest BCUT2D eigenvalue weighted by Crippen LogP contribution is 2.22. The Morgan fingerprint density at radius 3 is 2.75 bits per heavy atom. The molecule has 146 valence electrons. The van der Waals surface area contributed by atoms with Gasteiger partial charge in [0, 0.05) is 23.5 Å². The zero-order valence-electron chi connectivity index (χ0n) is 16.0. The molecule has 0 unspecified atom stereocenters. The Bertz CT molecular complexity index is 1010. The number of pyridine rings is 1. The minimum atomic E-state index is -0.390. The van der Waals surface area contributed by atoms with Gasteiger partial charge in [0.25, 0.3) is 11.8 Å². The predicted octanol–water partition coefficient (Wildman–Crippen LogP) is 4.47. The number of nitrogens with one attached hydrogen (secondary N) is 2. The van der Waals surface area contributed by atoms with E-state index in [1.807, 2.05) is 13.0 Å². The van der Waals surface area contributed by atoms with Gasteiger partial charge < -0.3 is 10.6 Å². The lowest BCUT2D eigenvalue weighted by molar-refractivity contribution is 0.0942. The van der Waals surface area contributed by atoms with E-state index >= 15 is 0 Å². The molecule has 1 aromatic carbocycles. The van der Waals surface area contributed by atoms with Crippen molar-refractivity contribution in [1.82, 2.24) is 14.7 Å². The number of amides is 2. The van der Waals surface area contributed by atoms with E-state index in [-0.39, 0.29) is 23.3 Å². The lowest BCUT2D eigenvalue weighted by atomic mass is 10.2. The topological polar surface area (TPSA) is 75.5 Å². The van der Waals surface area contributed by atoms with E-state index < -0.39 is 0 Å². The highest BCUT2D eigenvalue weighted by molar-refractivity contribution is 6.31. The van der Waals surface area contributed by atoms with Crippen LogP contribution in [0, 0.1) is 6.92 Å². The molecule has 0 bridgehead atoms. The molecular weight excluding hydrogens is 376 g/mol. The van der Waals surface area contributed by atoms with Crippen LogP contribution in [0.25, 0.3) is 5.52 Å². The molecule has 0 spiro atoms. The molecule has 7 heteroatoms. The number of nitrogens with zero attached hydrogens (tertiary/aromatic N) is 2. The fourth-order valence-corrected chi connectivity index (χ4v) is 3.10. The predicted molar refractivity (Wildman–Crippen MR) is 111 cm³/mol. The first kappa shape index (κ1) is 19.9. The summed E-state index contributed by atoms with van der Waals surface area (Å²) in [4.78, 5) is 29.8. The standard InChI is InChI=1S/C21H23ClN4O2/c1-3-4-6-11-23-21(28)19-25-18(17-8-5-7-12-26(17)19)20(27)24-16-13-15(22)10-9-14(16)2/h5,7-10,12-13H,3-4,6,11H2,1-2H3,(H,23,28)(H,24,27). The fourth-order valence-electron chi connectivity index (χ4n) is 2.93. The van der Waals surface area contributed by atoms with Gasteiger partial charge in [-0.1, -0.05) is 43.5 Å². The maximum atomic E-state index is 12.9. The Morgan fingerprint density at radius 2 is 1.96 bits per heavy atom. The number of carbonyl (C=O) groups is 2. The molecule has 2 N–H and O–H groups in total. The number of aryl methyl sites for hydroxylation is 1. The molecular formula is C21H23ClN4O2. The molecule has 0 atom stereocenters. The third-order valence-electron chi connectivity index (χ3n) is 4.48. The van der Waals surface area contributed by atoms with Gasteiger partial charge in [-0.2, -0.15) is 0 Å². The molecule has 2 aromatic heterocycles. The van der Waals surface area contributed by atoms with E-state index in [9.17, 15) is 9.59 Å². The minimum Gasteiger partial charge on any atom is -0.349 e. The second-order valence-electron chi connectivity index (χ2n) is 6.62. The van der Waals surface area contributed by atoms with E-state index in [0.29, 0.717) is 22.8 Å². The normalized spacial score (nSPS) is 10.8. The second-order valence-corrected chi connectivity index (χ2v) is 7.05. The van der Waals surface area contributed by atoms with Gasteiger partial charge in [-0.3, -0.25) is 14.0 Å². The summed E-state index contributed by atoms with van der Waals surface area (Å²) in [5.74, 6) is -0.491. The van der Waals surface area contributed by atoms with Crippen molar-refractivity contribution in [2.75, 3.05) is 11.9 Å². The van der Waals surface area contributed by atoms with Gasteiger partial charge in [0.1, 0.15) is 0 Å². The van der Waals surface area contributed by atoms with Crippen LogP contribution >= 0.6 is 11.6 Å². The van der Waals surface area contributed by atoms with Gasteiger partial charge >= 0.3 is 0 Å². The fraction of sp³-hybridized carbons (Fsp3) is 0.286. The summed E-state index contributed by atoms with van der Waals surface area (Å²) in [6.45, 7) is 4.57. The van der Waals surface area contributed by atoms with Gasteiger partial charge in [-0.05, 0) is 43.2 Å². The molecule has 6 nitrogen and oxygen atoms in total. The lowest BCUT2D eigenvalue weighted by Crippen LogP contribution is -2.26. The molecule has 2 heterocycles. The number of unbranched alkanes of at least 4 members (excludes halogenated alkanes) is 2. The van der Waals surface area contributed by atoms with E-state index in [1.54, 1.807) is 40.9 Å². The van der Waals surface area contributed by atoms with E-state index in [4.69, 9.17) is 11.6 Å². The Hall–Kier alpha value is -2.86. The molecule has 0 aliphatic carbocycles. The van der Waals surface area contributed by atoms with Crippen molar-refractivity contribution in [3.05, 3.63) is 64.7 Å². The molecule has 0 aliphatic rings. The second kappa shape index (κ2) is 8.89. The Labute approximate surface area is 168 Å². The quantitative estimate of drug-likeness (QED) is 0.576.